The Bertz CT molecular complexity index is 326. The van der Waals surface area contributed by atoms with Crippen LogP contribution in [0.4, 0.5) is 0 Å². The van der Waals surface area contributed by atoms with E-state index >= 15 is 0 Å². The Labute approximate surface area is 110 Å². The van der Waals surface area contributed by atoms with Crippen molar-refractivity contribution in [1.29, 1.82) is 0 Å². The third kappa shape index (κ3) is 2.18. The molecule has 18 heavy (non-hydrogen) atoms. The maximum Gasteiger partial charge on any atom is 0.303 e. The lowest BCUT2D eigenvalue weighted by Gasteiger charge is -2.39. The van der Waals surface area contributed by atoms with Gasteiger partial charge in [-0.15, -0.1) is 0 Å². The van der Waals surface area contributed by atoms with Gasteiger partial charge in [0.1, 0.15) is 0 Å². The van der Waals surface area contributed by atoms with Crippen LogP contribution in [0, 0.1) is 16.7 Å². The quantitative estimate of drug-likeness (QED) is 0.715. The van der Waals surface area contributed by atoms with E-state index in [0.717, 1.165) is 25.3 Å². The smallest absolute Gasteiger partial charge is 0.303 e. The zero-order chi connectivity index (χ0) is 13.4. The van der Waals surface area contributed by atoms with Crippen LogP contribution in [0.2, 0.25) is 0 Å². The average molecular weight is 253 g/mol. The van der Waals surface area contributed by atoms with Crippen LogP contribution < -0.4 is 5.32 Å². The number of carboxylic acids is 1. The second-order valence-electron chi connectivity index (χ2n) is 6.97. The van der Waals surface area contributed by atoms with Crippen molar-refractivity contribution in [2.75, 3.05) is 6.54 Å². The molecule has 2 aliphatic rings. The van der Waals surface area contributed by atoms with Crippen LogP contribution in [-0.2, 0) is 4.79 Å². The summed E-state index contributed by atoms with van der Waals surface area (Å²) in [7, 11) is 0. The van der Waals surface area contributed by atoms with E-state index in [0.29, 0.717) is 23.3 Å². The monoisotopic (exact) mass is 253 g/mol. The van der Waals surface area contributed by atoms with Gasteiger partial charge in [-0.25, -0.2) is 0 Å². The van der Waals surface area contributed by atoms with Crippen molar-refractivity contribution in [1.82, 2.24) is 5.32 Å². The van der Waals surface area contributed by atoms with E-state index < -0.39 is 5.97 Å². The van der Waals surface area contributed by atoms with Gasteiger partial charge in [0.2, 0.25) is 0 Å². The van der Waals surface area contributed by atoms with Crippen LogP contribution in [0.25, 0.3) is 0 Å². The Morgan fingerprint density at radius 3 is 2.56 bits per heavy atom. The van der Waals surface area contributed by atoms with Crippen molar-refractivity contribution in [2.24, 2.45) is 16.7 Å². The molecule has 3 atom stereocenters. The summed E-state index contributed by atoms with van der Waals surface area (Å²) in [5.74, 6) is 0.196. The minimum atomic E-state index is -0.678. The first-order chi connectivity index (χ1) is 8.38. The lowest BCUT2D eigenvalue weighted by Crippen LogP contribution is -2.44. The first kappa shape index (κ1) is 13.9. The number of aliphatic carboxylic acids is 1. The number of hydrogen-bond donors (Lipinski definition) is 2. The molecule has 0 aromatic heterocycles. The van der Waals surface area contributed by atoms with E-state index in [1.54, 1.807) is 0 Å². The Balaban J connectivity index is 1.77. The second kappa shape index (κ2) is 4.84. The molecular weight excluding hydrogens is 226 g/mol. The number of rotatable bonds is 6. The normalized spacial score (nSPS) is 37.1. The number of fused-ring (bicyclic) bond motifs is 2. The van der Waals surface area contributed by atoms with Gasteiger partial charge in [-0.1, -0.05) is 20.8 Å². The summed E-state index contributed by atoms with van der Waals surface area (Å²) in [6.07, 6.45) is 6.11. The minimum absolute atomic E-state index is 0.303. The minimum Gasteiger partial charge on any atom is -0.481 e. The predicted octanol–water partition coefficient (Wildman–Crippen LogP) is 3.05. The van der Waals surface area contributed by atoms with Crippen molar-refractivity contribution in [3.63, 3.8) is 0 Å². The maximum absolute atomic E-state index is 10.4. The molecule has 0 aromatic carbocycles. The summed E-state index contributed by atoms with van der Waals surface area (Å²) in [5, 5.41) is 12.3. The Kier molecular flexibility index (Phi) is 3.72. The molecule has 2 saturated carbocycles. The highest BCUT2D eigenvalue weighted by Crippen LogP contribution is 2.65. The summed E-state index contributed by atoms with van der Waals surface area (Å²) >= 11 is 0. The number of hydrogen-bond acceptors (Lipinski definition) is 2. The molecule has 0 radical (unpaired) electrons. The molecule has 2 aliphatic carbocycles. The second-order valence-corrected chi connectivity index (χ2v) is 6.97. The molecule has 2 bridgehead atoms. The SMILES string of the molecule is CC1(C)C2CCC1(C)C(NCCCCC(=O)O)C2. The summed E-state index contributed by atoms with van der Waals surface area (Å²) in [5.41, 5.74) is 0.899. The van der Waals surface area contributed by atoms with E-state index in [1.165, 1.54) is 19.3 Å². The van der Waals surface area contributed by atoms with Crippen molar-refractivity contribution in [3.8, 4) is 0 Å². The topological polar surface area (TPSA) is 49.3 Å². The number of carboxylic acid groups (broad SMARTS) is 1. The molecule has 0 aromatic rings. The van der Waals surface area contributed by atoms with Gasteiger partial charge in [-0.05, 0) is 55.4 Å². The Hall–Kier alpha value is -0.570. The molecule has 0 spiro atoms. The molecule has 2 N–H and O–H groups in total. The third-order valence-corrected chi connectivity index (χ3v) is 6.00. The summed E-state index contributed by atoms with van der Waals surface area (Å²) < 4.78 is 0. The molecule has 104 valence electrons. The number of nitrogens with one attached hydrogen (secondary N) is 1. The summed E-state index contributed by atoms with van der Waals surface area (Å²) in [6.45, 7) is 8.26. The van der Waals surface area contributed by atoms with E-state index in [2.05, 4.69) is 26.1 Å². The van der Waals surface area contributed by atoms with E-state index in [4.69, 9.17) is 5.11 Å². The standard InChI is InChI=1S/C15H27NO2/c1-14(2)11-7-8-15(14,3)12(10-11)16-9-5-4-6-13(17)18/h11-12,16H,4-10H2,1-3H3,(H,17,18). The van der Waals surface area contributed by atoms with Crippen molar-refractivity contribution >= 4 is 5.97 Å². The van der Waals surface area contributed by atoms with Gasteiger partial charge in [0.05, 0.1) is 0 Å². The molecule has 0 aliphatic heterocycles. The average Bonchev–Trinajstić information content (AvgIpc) is 2.61. The van der Waals surface area contributed by atoms with Crippen LogP contribution in [0.1, 0.15) is 59.3 Å². The van der Waals surface area contributed by atoms with Gasteiger partial charge in [0, 0.05) is 12.5 Å². The highest BCUT2D eigenvalue weighted by atomic mass is 16.4. The van der Waals surface area contributed by atoms with Crippen LogP contribution in [-0.4, -0.2) is 23.7 Å². The lowest BCUT2D eigenvalue weighted by atomic mass is 9.69. The van der Waals surface area contributed by atoms with Crippen LogP contribution in [0.15, 0.2) is 0 Å². The predicted molar refractivity (Wildman–Crippen MR) is 72.5 cm³/mol. The first-order valence-corrected chi connectivity index (χ1v) is 7.33. The lowest BCUT2D eigenvalue weighted by molar-refractivity contribution is -0.137. The van der Waals surface area contributed by atoms with E-state index in [1.807, 2.05) is 0 Å². The Morgan fingerprint density at radius 1 is 1.33 bits per heavy atom. The number of unbranched alkanes of at least 4 members (excludes halogenated alkanes) is 1. The fourth-order valence-corrected chi connectivity index (χ4v) is 4.19. The molecule has 0 saturated heterocycles. The van der Waals surface area contributed by atoms with Gasteiger partial charge in [0.25, 0.3) is 0 Å². The molecule has 3 unspecified atom stereocenters. The van der Waals surface area contributed by atoms with Crippen molar-refractivity contribution in [3.05, 3.63) is 0 Å². The molecule has 2 fully saturated rings. The summed E-state index contributed by atoms with van der Waals surface area (Å²) in [6, 6.07) is 0.635. The van der Waals surface area contributed by atoms with Crippen LogP contribution in [0.3, 0.4) is 0 Å². The number of carbonyl (C=O) groups is 1. The fourth-order valence-electron chi connectivity index (χ4n) is 4.19. The zero-order valence-corrected chi connectivity index (χ0v) is 12.0. The fraction of sp³-hybridized carbons (Fsp3) is 0.933. The highest BCUT2D eigenvalue weighted by Gasteiger charge is 2.60. The first-order valence-electron chi connectivity index (χ1n) is 7.33. The van der Waals surface area contributed by atoms with Gasteiger partial charge >= 0.3 is 5.97 Å². The van der Waals surface area contributed by atoms with E-state index in [-0.39, 0.29) is 0 Å². The summed E-state index contributed by atoms with van der Waals surface area (Å²) in [4.78, 5) is 10.4. The van der Waals surface area contributed by atoms with Crippen molar-refractivity contribution < 1.29 is 9.90 Å². The molecule has 3 heteroatoms. The maximum atomic E-state index is 10.4. The third-order valence-electron chi connectivity index (χ3n) is 6.00. The highest BCUT2D eigenvalue weighted by molar-refractivity contribution is 5.66. The molecule has 2 rings (SSSR count). The van der Waals surface area contributed by atoms with Gasteiger partial charge in [-0.3, -0.25) is 4.79 Å². The Morgan fingerprint density at radius 2 is 2.06 bits per heavy atom. The van der Waals surface area contributed by atoms with Crippen LogP contribution >= 0.6 is 0 Å². The van der Waals surface area contributed by atoms with E-state index in [9.17, 15) is 4.79 Å². The largest absolute Gasteiger partial charge is 0.481 e. The molecule has 0 amide bonds. The van der Waals surface area contributed by atoms with Gasteiger partial charge in [0.15, 0.2) is 0 Å². The van der Waals surface area contributed by atoms with Crippen LogP contribution in [0.5, 0.6) is 0 Å². The molecule has 0 heterocycles. The van der Waals surface area contributed by atoms with Gasteiger partial charge in [-0.2, -0.15) is 0 Å². The molecule has 3 nitrogen and oxygen atoms in total. The molecular formula is C15H27NO2. The van der Waals surface area contributed by atoms with Gasteiger partial charge < -0.3 is 10.4 Å². The zero-order valence-electron chi connectivity index (χ0n) is 12.0. The van der Waals surface area contributed by atoms with Crippen molar-refractivity contribution in [2.45, 2.75) is 65.3 Å².